The van der Waals surface area contributed by atoms with Gasteiger partial charge < -0.3 is 9.47 Å². The van der Waals surface area contributed by atoms with Crippen LogP contribution in [0.5, 0.6) is 23.5 Å². The minimum Gasteiger partial charge on any atom is -0.412 e. The Morgan fingerprint density at radius 3 is 1.68 bits per heavy atom. The van der Waals surface area contributed by atoms with Crippen molar-refractivity contribution in [3.63, 3.8) is 0 Å². The first-order valence-electron chi connectivity index (χ1n) is 8.88. The maximum atomic E-state index is 5.82. The van der Waals surface area contributed by atoms with Crippen LogP contribution in [0.3, 0.4) is 0 Å². The van der Waals surface area contributed by atoms with E-state index in [1.807, 2.05) is 90.6 Å². The summed E-state index contributed by atoms with van der Waals surface area (Å²) in [5, 5.41) is 0. The normalized spacial score (nSPS) is 10.5. The van der Waals surface area contributed by atoms with Gasteiger partial charge in [-0.25, -0.2) is 4.57 Å². The van der Waals surface area contributed by atoms with Crippen LogP contribution in [0.25, 0.3) is 5.95 Å². The van der Waals surface area contributed by atoms with Gasteiger partial charge in [0, 0.05) is 0 Å². The second kappa shape index (κ2) is 7.84. The van der Waals surface area contributed by atoms with Gasteiger partial charge in [-0.2, -0.15) is 0 Å². The zero-order valence-corrected chi connectivity index (χ0v) is 15.6. The minimum absolute atomic E-state index is 0.160. The van der Waals surface area contributed by atoms with Crippen molar-refractivity contribution in [1.29, 1.82) is 0 Å². The molecule has 0 saturated carbocycles. The molecule has 4 aromatic rings. The van der Waals surface area contributed by atoms with E-state index < -0.39 is 0 Å². The molecule has 0 fully saturated rings. The first-order chi connectivity index (χ1) is 13.7. The molecule has 0 N–H and O–H groups in total. The van der Waals surface area contributed by atoms with E-state index in [1.165, 1.54) is 5.56 Å². The Bertz CT molecular complexity index is 1030. The number of hydrogen-bond donors (Lipinski definition) is 0. The highest BCUT2D eigenvalue weighted by Gasteiger charge is 2.21. The summed E-state index contributed by atoms with van der Waals surface area (Å²) in [6, 6.07) is 21.1. The number of para-hydroxylation sites is 2. The number of aryl methyl sites for hydroxylation is 2. The van der Waals surface area contributed by atoms with E-state index in [0.29, 0.717) is 17.4 Å². The molecule has 4 rings (SSSR count). The lowest BCUT2D eigenvalue weighted by atomic mass is 10.2. The average Bonchev–Trinajstić information content (AvgIpc) is 2.71. The predicted molar refractivity (Wildman–Crippen MR) is 104 cm³/mol. The molecule has 0 radical (unpaired) electrons. The van der Waals surface area contributed by atoms with Gasteiger partial charge in [0.1, 0.15) is 11.5 Å². The number of nitrogens with zero attached hydrogens (tertiary/aromatic N) is 4. The highest BCUT2D eigenvalue weighted by atomic mass is 16.5. The Morgan fingerprint density at radius 1 is 0.643 bits per heavy atom. The third-order valence-electron chi connectivity index (χ3n) is 4.16. The van der Waals surface area contributed by atoms with Crippen LogP contribution in [-0.4, -0.2) is 15.0 Å². The lowest BCUT2D eigenvalue weighted by Crippen LogP contribution is -2.33. The van der Waals surface area contributed by atoms with E-state index >= 15 is 0 Å². The molecular weight excluding hydrogens is 352 g/mol. The summed E-state index contributed by atoms with van der Waals surface area (Å²) in [5.41, 5.74) is 2.31. The number of pyridine rings is 1. The van der Waals surface area contributed by atoms with Crippen LogP contribution in [0.15, 0.2) is 79.1 Å². The SMILES string of the molecule is Cc1cc[n+](-c2nc(Oc3ccccc3)nc(Oc3ccccc3)n2)cc1C. The quantitative estimate of drug-likeness (QED) is 0.488. The smallest absolute Gasteiger partial charge is 0.412 e. The number of rotatable bonds is 5. The van der Waals surface area contributed by atoms with Crippen LogP contribution < -0.4 is 14.0 Å². The van der Waals surface area contributed by atoms with E-state index in [1.54, 1.807) is 0 Å². The molecule has 0 aliphatic heterocycles. The molecule has 2 aromatic carbocycles. The Kier molecular flexibility index (Phi) is 4.93. The van der Waals surface area contributed by atoms with Gasteiger partial charge in [-0.15, -0.1) is 4.98 Å². The molecule has 28 heavy (non-hydrogen) atoms. The Hall–Kier alpha value is -3.80. The highest BCUT2D eigenvalue weighted by molar-refractivity contribution is 5.27. The summed E-state index contributed by atoms with van der Waals surface area (Å²) in [6.07, 6.45) is 3.86. The van der Waals surface area contributed by atoms with Crippen molar-refractivity contribution < 1.29 is 14.0 Å². The van der Waals surface area contributed by atoms with Gasteiger partial charge in [0.05, 0.1) is 12.4 Å². The van der Waals surface area contributed by atoms with Crippen LogP contribution in [0.2, 0.25) is 0 Å². The fraction of sp³-hybridized carbons (Fsp3) is 0.0909. The average molecular weight is 371 g/mol. The zero-order chi connectivity index (χ0) is 19.3. The fourth-order valence-corrected chi connectivity index (χ4v) is 2.52. The van der Waals surface area contributed by atoms with Crippen molar-refractivity contribution in [3.8, 4) is 29.5 Å². The first kappa shape index (κ1) is 17.6. The van der Waals surface area contributed by atoms with Gasteiger partial charge >= 0.3 is 18.0 Å². The maximum absolute atomic E-state index is 5.82. The molecule has 0 atom stereocenters. The molecule has 138 valence electrons. The summed E-state index contributed by atoms with van der Waals surface area (Å²) in [5.74, 6) is 1.68. The second-order valence-corrected chi connectivity index (χ2v) is 6.25. The van der Waals surface area contributed by atoms with E-state index in [4.69, 9.17) is 9.47 Å². The van der Waals surface area contributed by atoms with Gasteiger partial charge in [0.15, 0.2) is 0 Å². The van der Waals surface area contributed by atoms with Gasteiger partial charge in [0.25, 0.3) is 0 Å². The molecule has 6 heteroatoms. The van der Waals surface area contributed by atoms with Gasteiger partial charge in [-0.3, -0.25) is 0 Å². The number of hydrogen-bond acceptors (Lipinski definition) is 5. The molecule has 2 aromatic heterocycles. The van der Waals surface area contributed by atoms with Crippen molar-refractivity contribution >= 4 is 0 Å². The van der Waals surface area contributed by atoms with Crippen LogP contribution in [0, 0.1) is 13.8 Å². The van der Waals surface area contributed by atoms with E-state index in [-0.39, 0.29) is 12.0 Å². The molecule has 0 unspecified atom stereocenters. The van der Waals surface area contributed by atoms with E-state index in [0.717, 1.165) is 5.56 Å². The van der Waals surface area contributed by atoms with Crippen LogP contribution in [-0.2, 0) is 0 Å². The molecule has 0 amide bonds. The molecule has 0 spiro atoms. The third kappa shape index (κ3) is 4.12. The fourth-order valence-electron chi connectivity index (χ4n) is 2.52. The standard InChI is InChI=1S/C22H19N4O2/c1-16-13-14-26(15-17(16)2)20-23-21(27-18-9-5-3-6-10-18)25-22(24-20)28-19-11-7-4-8-12-19/h3-15H,1-2H3/q+1. The lowest BCUT2D eigenvalue weighted by Gasteiger charge is -2.05. The van der Waals surface area contributed by atoms with Gasteiger partial charge in [0.2, 0.25) is 0 Å². The maximum Gasteiger partial charge on any atom is 0.447 e. The van der Waals surface area contributed by atoms with Crippen LogP contribution in [0.4, 0.5) is 0 Å². The van der Waals surface area contributed by atoms with Crippen molar-refractivity contribution in [2.45, 2.75) is 13.8 Å². The largest absolute Gasteiger partial charge is 0.447 e. The summed E-state index contributed by atoms with van der Waals surface area (Å²) < 4.78 is 13.5. The number of aromatic nitrogens is 4. The zero-order valence-electron chi connectivity index (χ0n) is 15.6. The summed E-state index contributed by atoms with van der Waals surface area (Å²) in [4.78, 5) is 13.2. The number of benzene rings is 2. The Morgan fingerprint density at radius 2 is 1.18 bits per heavy atom. The van der Waals surface area contributed by atoms with Crippen molar-refractivity contribution in [2.24, 2.45) is 0 Å². The van der Waals surface area contributed by atoms with Crippen LogP contribution >= 0.6 is 0 Å². The molecule has 0 bridgehead atoms. The topological polar surface area (TPSA) is 61.0 Å². The Balaban J connectivity index is 1.74. The van der Waals surface area contributed by atoms with Gasteiger partial charge in [-0.05, 0) is 65.3 Å². The van der Waals surface area contributed by atoms with Gasteiger partial charge in [-0.1, -0.05) is 36.4 Å². The van der Waals surface area contributed by atoms with Crippen molar-refractivity contribution in [2.75, 3.05) is 0 Å². The molecule has 2 heterocycles. The van der Waals surface area contributed by atoms with Crippen molar-refractivity contribution in [3.05, 3.63) is 90.3 Å². The minimum atomic E-state index is 0.160. The molecule has 0 aliphatic carbocycles. The summed E-state index contributed by atoms with van der Waals surface area (Å²) >= 11 is 0. The second-order valence-electron chi connectivity index (χ2n) is 6.25. The molecule has 0 saturated heterocycles. The Labute approximate surface area is 163 Å². The monoisotopic (exact) mass is 371 g/mol. The summed E-state index contributed by atoms with van der Waals surface area (Å²) in [6.45, 7) is 4.09. The number of ether oxygens (including phenoxy) is 2. The molecular formula is C22H19N4O2+. The first-order valence-corrected chi connectivity index (χ1v) is 8.88. The third-order valence-corrected chi connectivity index (χ3v) is 4.16. The lowest BCUT2D eigenvalue weighted by molar-refractivity contribution is -0.604. The molecule has 6 nitrogen and oxygen atoms in total. The van der Waals surface area contributed by atoms with Crippen molar-refractivity contribution in [1.82, 2.24) is 15.0 Å². The van der Waals surface area contributed by atoms with E-state index in [9.17, 15) is 0 Å². The summed E-state index contributed by atoms with van der Waals surface area (Å²) in [7, 11) is 0. The molecule has 0 aliphatic rings. The predicted octanol–water partition coefficient (Wildman–Crippen LogP) is 4.35. The highest BCUT2D eigenvalue weighted by Crippen LogP contribution is 2.22. The van der Waals surface area contributed by atoms with Crippen LogP contribution in [0.1, 0.15) is 11.1 Å². The van der Waals surface area contributed by atoms with E-state index in [2.05, 4.69) is 21.9 Å².